The van der Waals surface area contributed by atoms with Crippen molar-refractivity contribution in [1.82, 2.24) is 10.0 Å². The number of carboxylic acid groups (broad SMARTS) is 1. The lowest BCUT2D eigenvalue weighted by molar-refractivity contribution is 0.0696. The molecule has 0 atom stereocenters. The summed E-state index contributed by atoms with van der Waals surface area (Å²) in [6.07, 6.45) is 2.14. The van der Waals surface area contributed by atoms with Crippen molar-refractivity contribution in [2.75, 3.05) is 6.54 Å². The number of hydrogen-bond donors (Lipinski definition) is 3. The van der Waals surface area contributed by atoms with E-state index in [2.05, 4.69) is 10.0 Å². The first-order chi connectivity index (χ1) is 12.8. The van der Waals surface area contributed by atoms with Gasteiger partial charge < -0.3 is 10.4 Å². The van der Waals surface area contributed by atoms with Crippen LogP contribution < -0.4 is 10.0 Å². The number of nitrogens with one attached hydrogen (secondary N) is 2. The average molecular weight is 388 g/mol. The third kappa shape index (κ3) is 5.15. The Morgan fingerprint density at radius 2 is 1.74 bits per heavy atom. The van der Waals surface area contributed by atoms with Crippen LogP contribution in [0.1, 0.15) is 39.1 Å². The first-order valence-corrected chi connectivity index (χ1v) is 10.1. The first-order valence-electron chi connectivity index (χ1n) is 8.58. The number of carboxylic acids is 1. The van der Waals surface area contributed by atoms with E-state index in [9.17, 15) is 18.0 Å². The van der Waals surface area contributed by atoms with Gasteiger partial charge in [-0.1, -0.05) is 18.2 Å². The van der Waals surface area contributed by atoms with Crippen molar-refractivity contribution in [2.45, 2.75) is 30.2 Å². The summed E-state index contributed by atoms with van der Waals surface area (Å²) in [5.41, 5.74) is 1.24. The molecule has 2 aromatic rings. The van der Waals surface area contributed by atoms with Crippen LogP contribution in [0.3, 0.4) is 0 Å². The Balaban J connectivity index is 1.60. The lowest BCUT2D eigenvalue weighted by Crippen LogP contribution is -2.28. The molecule has 7 nitrogen and oxygen atoms in total. The molecular formula is C19H20N2O5S. The van der Waals surface area contributed by atoms with E-state index in [1.165, 1.54) is 24.3 Å². The second-order valence-electron chi connectivity index (χ2n) is 6.43. The van der Waals surface area contributed by atoms with Gasteiger partial charge in [-0.25, -0.2) is 17.9 Å². The van der Waals surface area contributed by atoms with Gasteiger partial charge in [-0.05, 0) is 55.2 Å². The van der Waals surface area contributed by atoms with Gasteiger partial charge >= 0.3 is 5.97 Å². The highest BCUT2D eigenvalue weighted by Crippen LogP contribution is 2.22. The number of amides is 1. The predicted molar refractivity (Wildman–Crippen MR) is 99.2 cm³/mol. The summed E-state index contributed by atoms with van der Waals surface area (Å²) >= 11 is 0. The number of carbonyl (C=O) groups is 2. The first kappa shape index (κ1) is 19.1. The number of carbonyl (C=O) groups excluding carboxylic acids is 1. The number of sulfonamides is 1. The Morgan fingerprint density at radius 1 is 1.04 bits per heavy atom. The topological polar surface area (TPSA) is 113 Å². The van der Waals surface area contributed by atoms with Crippen LogP contribution in [0.2, 0.25) is 0 Å². The molecule has 142 valence electrons. The van der Waals surface area contributed by atoms with Gasteiger partial charge in [0.1, 0.15) is 0 Å². The smallest absolute Gasteiger partial charge is 0.335 e. The average Bonchev–Trinajstić information content (AvgIpc) is 3.45. The molecule has 1 aliphatic carbocycles. The zero-order chi connectivity index (χ0) is 19.4. The van der Waals surface area contributed by atoms with Crippen molar-refractivity contribution in [3.8, 4) is 0 Å². The van der Waals surface area contributed by atoms with Crippen LogP contribution in [0.25, 0.3) is 0 Å². The maximum Gasteiger partial charge on any atom is 0.335 e. The van der Waals surface area contributed by atoms with E-state index in [0.29, 0.717) is 13.0 Å². The maximum absolute atomic E-state index is 12.3. The van der Waals surface area contributed by atoms with Crippen LogP contribution in [0.15, 0.2) is 53.4 Å². The van der Waals surface area contributed by atoms with Crippen molar-refractivity contribution < 1.29 is 23.1 Å². The van der Waals surface area contributed by atoms with Crippen LogP contribution in [-0.2, 0) is 16.4 Å². The molecule has 0 saturated heterocycles. The summed E-state index contributed by atoms with van der Waals surface area (Å²) in [5, 5.41) is 11.7. The van der Waals surface area contributed by atoms with Gasteiger partial charge in [0.2, 0.25) is 10.0 Å². The Kier molecular flexibility index (Phi) is 5.57. The second-order valence-corrected chi connectivity index (χ2v) is 8.15. The molecule has 3 rings (SSSR count). The SMILES string of the molecule is O=C(O)c1cccc(CCNC(=O)c2cccc(S(=O)(=O)NC3CC3)c2)c1. The number of aromatic carboxylic acids is 1. The molecule has 0 aliphatic heterocycles. The van der Waals surface area contributed by atoms with Gasteiger partial charge in [0.25, 0.3) is 5.91 Å². The summed E-state index contributed by atoms with van der Waals surface area (Å²) in [6.45, 7) is 0.305. The fourth-order valence-electron chi connectivity index (χ4n) is 2.58. The monoisotopic (exact) mass is 388 g/mol. The molecule has 0 unspecified atom stereocenters. The van der Waals surface area contributed by atoms with E-state index in [4.69, 9.17) is 5.11 Å². The normalized spacial score (nSPS) is 13.9. The van der Waals surface area contributed by atoms with Crippen molar-refractivity contribution in [1.29, 1.82) is 0 Å². The Morgan fingerprint density at radius 3 is 2.44 bits per heavy atom. The fourth-order valence-corrected chi connectivity index (χ4v) is 3.93. The molecule has 1 fully saturated rings. The van der Waals surface area contributed by atoms with Gasteiger partial charge in [-0.3, -0.25) is 4.79 Å². The van der Waals surface area contributed by atoms with Gasteiger partial charge in [-0.2, -0.15) is 0 Å². The van der Waals surface area contributed by atoms with Crippen LogP contribution in [0.5, 0.6) is 0 Å². The van der Waals surface area contributed by atoms with Crippen molar-refractivity contribution in [2.24, 2.45) is 0 Å². The maximum atomic E-state index is 12.3. The highest BCUT2D eigenvalue weighted by Gasteiger charge is 2.28. The Bertz CT molecular complexity index is 968. The van der Waals surface area contributed by atoms with E-state index in [0.717, 1.165) is 18.4 Å². The molecular weight excluding hydrogens is 368 g/mol. The number of rotatable bonds is 8. The van der Waals surface area contributed by atoms with Gasteiger partial charge in [0, 0.05) is 18.2 Å². The standard InChI is InChI=1S/C19H20N2O5S/c22-18(20-10-9-13-3-1-5-15(11-13)19(23)24)14-4-2-6-17(12-14)27(25,26)21-16-7-8-16/h1-6,11-12,16,21H,7-10H2,(H,20,22)(H,23,24). The van der Waals surface area contributed by atoms with Gasteiger partial charge in [0.05, 0.1) is 10.5 Å². The predicted octanol–water partition coefficient (Wildman–Crippen LogP) is 1.80. The van der Waals surface area contributed by atoms with E-state index in [-0.39, 0.29) is 28.0 Å². The van der Waals surface area contributed by atoms with E-state index in [1.807, 2.05) is 0 Å². The molecule has 3 N–H and O–H groups in total. The zero-order valence-electron chi connectivity index (χ0n) is 14.5. The number of hydrogen-bond acceptors (Lipinski definition) is 4. The van der Waals surface area contributed by atoms with E-state index >= 15 is 0 Å². The van der Waals surface area contributed by atoms with Crippen molar-refractivity contribution in [3.05, 3.63) is 65.2 Å². The molecule has 0 radical (unpaired) electrons. The van der Waals surface area contributed by atoms with Gasteiger partial charge in [-0.15, -0.1) is 0 Å². The Labute approximate surface area is 157 Å². The largest absolute Gasteiger partial charge is 0.478 e. The summed E-state index contributed by atoms with van der Waals surface area (Å²) in [5.74, 6) is -1.38. The molecule has 1 amide bonds. The second kappa shape index (κ2) is 7.89. The third-order valence-corrected chi connectivity index (χ3v) is 5.70. The highest BCUT2D eigenvalue weighted by molar-refractivity contribution is 7.89. The quantitative estimate of drug-likeness (QED) is 0.638. The van der Waals surface area contributed by atoms with Crippen LogP contribution in [0.4, 0.5) is 0 Å². The molecule has 2 aromatic carbocycles. The van der Waals surface area contributed by atoms with Gasteiger partial charge in [0.15, 0.2) is 0 Å². The lowest BCUT2D eigenvalue weighted by atomic mass is 10.1. The Hall–Kier alpha value is -2.71. The summed E-state index contributed by atoms with van der Waals surface area (Å²) in [6, 6.07) is 12.4. The van der Waals surface area contributed by atoms with Crippen LogP contribution >= 0.6 is 0 Å². The fraction of sp³-hybridized carbons (Fsp3) is 0.263. The molecule has 0 bridgehead atoms. The molecule has 1 aliphatic rings. The minimum Gasteiger partial charge on any atom is -0.478 e. The third-order valence-electron chi connectivity index (χ3n) is 4.18. The zero-order valence-corrected chi connectivity index (χ0v) is 15.3. The summed E-state index contributed by atoms with van der Waals surface area (Å²) in [7, 11) is -3.62. The van der Waals surface area contributed by atoms with Crippen LogP contribution in [0, 0.1) is 0 Å². The molecule has 27 heavy (non-hydrogen) atoms. The minimum atomic E-state index is -3.62. The summed E-state index contributed by atoms with van der Waals surface area (Å²) in [4.78, 5) is 23.3. The van der Waals surface area contributed by atoms with E-state index < -0.39 is 16.0 Å². The minimum absolute atomic E-state index is 0.00551. The van der Waals surface area contributed by atoms with E-state index in [1.54, 1.807) is 24.3 Å². The molecule has 0 heterocycles. The molecule has 1 saturated carbocycles. The lowest BCUT2D eigenvalue weighted by Gasteiger charge is -2.09. The molecule has 0 aromatic heterocycles. The molecule has 0 spiro atoms. The van der Waals surface area contributed by atoms with Crippen LogP contribution in [-0.4, -0.2) is 38.0 Å². The van der Waals surface area contributed by atoms with Crippen molar-refractivity contribution in [3.63, 3.8) is 0 Å². The number of benzene rings is 2. The summed E-state index contributed by atoms with van der Waals surface area (Å²) < 4.78 is 27.1. The highest BCUT2D eigenvalue weighted by atomic mass is 32.2. The van der Waals surface area contributed by atoms with Crippen molar-refractivity contribution >= 4 is 21.9 Å². The molecule has 8 heteroatoms.